The third-order valence-corrected chi connectivity index (χ3v) is 11.5. The number of anilines is 3. The highest BCUT2D eigenvalue weighted by Gasteiger charge is 2.21. The number of fused-ring (bicyclic) bond motifs is 5. The Morgan fingerprint density at radius 2 is 0.897 bits per heavy atom. The van der Waals surface area contributed by atoms with Gasteiger partial charge >= 0.3 is 0 Å². The summed E-state index contributed by atoms with van der Waals surface area (Å²) in [5.41, 5.74) is 14.3. The number of benzene rings is 10. The first-order valence-electron chi connectivity index (χ1n) is 19.8. The van der Waals surface area contributed by atoms with E-state index in [1.165, 1.54) is 38.2 Å². The van der Waals surface area contributed by atoms with Crippen molar-refractivity contribution in [2.45, 2.75) is 0 Å². The molecule has 11 aromatic rings. The molecule has 2 nitrogen and oxygen atoms in total. The molecule has 0 N–H and O–H groups in total. The number of hydrogen-bond donors (Lipinski definition) is 0. The zero-order chi connectivity index (χ0) is 38.4. The predicted molar refractivity (Wildman–Crippen MR) is 245 cm³/mol. The molecule has 0 saturated carbocycles. The van der Waals surface area contributed by atoms with Crippen LogP contribution in [0.25, 0.3) is 88.0 Å². The summed E-state index contributed by atoms with van der Waals surface area (Å²) in [6, 6.07) is 80.9. The van der Waals surface area contributed by atoms with Gasteiger partial charge in [-0.3, -0.25) is 0 Å². The molecule has 0 saturated heterocycles. The van der Waals surface area contributed by atoms with Crippen LogP contribution in [-0.4, -0.2) is 0 Å². The molecular formula is C56H37NO. The largest absolute Gasteiger partial charge is 0.456 e. The van der Waals surface area contributed by atoms with Gasteiger partial charge in [0.15, 0.2) is 0 Å². The number of rotatable bonds is 7. The van der Waals surface area contributed by atoms with Gasteiger partial charge in [-0.2, -0.15) is 0 Å². The minimum atomic E-state index is 0.888. The van der Waals surface area contributed by atoms with E-state index in [9.17, 15) is 0 Å². The molecule has 0 unspecified atom stereocenters. The summed E-state index contributed by atoms with van der Waals surface area (Å²) < 4.78 is 6.34. The van der Waals surface area contributed by atoms with E-state index in [4.69, 9.17) is 4.42 Å². The van der Waals surface area contributed by atoms with E-state index < -0.39 is 0 Å². The Balaban J connectivity index is 1.13. The van der Waals surface area contributed by atoms with Crippen molar-refractivity contribution in [3.8, 4) is 44.5 Å². The van der Waals surface area contributed by atoms with E-state index in [0.717, 1.165) is 66.8 Å². The third kappa shape index (κ3) is 5.91. The van der Waals surface area contributed by atoms with Gasteiger partial charge in [0.05, 0.1) is 5.69 Å². The summed E-state index contributed by atoms with van der Waals surface area (Å²) in [6.45, 7) is 0. The fourth-order valence-electron chi connectivity index (χ4n) is 8.65. The van der Waals surface area contributed by atoms with Crippen LogP contribution in [0.4, 0.5) is 17.1 Å². The monoisotopic (exact) mass is 739 g/mol. The van der Waals surface area contributed by atoms with Gasteiger partial charge in [0.2, 0.25) is 0 Å². The Morgan fingerprint density at radius 1 is 0.293 bits per heavy atom. The van der Waals surface area contributed by atoms with Gasteiger partial charge in [-0.05, 0) is 109 Å². The Morgan fingerprint density at radius 3 is 1.78 bits per heavy atom. The maximum atomic E-state index is 6.34. The zero-order valence-corrected chi connectivity index (χ0v) is 31.7. The second kappa shape index (κ2) is 14.1. The highest BCUT2D eigenvalue weighted by atomic mass is 16.3. The van der Waals surface area contributed by atoms with Crippen LogP contribution in [0.3, 0.4) is 0 Å². The summed E-state index contributed by atoms with van der Waals surface area (Å²) in [6.07, 6.45) is 0. The van der Waals surface area contributed by atoms with Crippen molar-refractivity contribution in [3.63, 3.8) is 0 Å². The van der Waals surface area contributed by atoms with Gasteiger partial charge in [-0.25, -0.2) is 0 Å². The lowest BCUT2D eigenvalue weighted by molar-refractivity contribution is 0.669. The van der Waals surface area contributed by atoms with Crippen molar-refractivity contribution < 1.29 is 4.42 Å². The van der Waals surface area contributed by atoms with E-state index >= 15 is 0 Å². The molecule has 0 aliphatic rings. The number of nitrogens with zero attached hydrogens (tertiary/aromatic N) is 1. The second-order valence-corrected chi connectivity index (χ2v) is 14.9. The van der Waals surface area contributed by atoms with Crippen LogP contribution in [0.1, 0.15) is 0 Å². The van der Waals surface area contributed by atoms with Gasteiger partial charge in [0.1, 0.15) is 11.2 Å². The van der Waals surface area contributed by atoms with Crippen molar-refractivity contribution in [1.29, 1.82) is 0 Å². The molecule has 0 aliphatic carbocycles. The van der Waals surface area contributed by atoms with Crippen LogP contribution in [0.15, 0.2) is 229 Å². The van der Waals surface area contributed by atoms with Crippen molar-refractivity contribution in [2.75, 3.05) is 4.90 Å². The Hall–Kier alpha value is -7.68. The first-order valence-corrected chi connectivity index (χ1v) is 19.8. The Labute approximate surface area is 337 Å². The molecule has 0 atom stereocenters. The number of furan rings is 1. The van der Waals surface area contributed by atoms with E-state index in [1.54, 1.807) is 0 Å². The van der Waals surface area contributed by atoms with Crippen molar-refractivity contribution >= 4 is 60.5 Å². The quantitative estimate of drug-likeness (QED) is 0.162. The minimum absolute atomic E-state index is 0.888. The van der Waals surface area contributed by atoms with Gasteiger partial charge in [0, 0.05) is 27.7 Å². The maximum Gasteiger partial charge on any atom is 0.136 e. The van der Waals surface area contributed by atoms with E-state index in [2.05, 4.69) is 217 Å². The fraction of sp³-hybridized carbons (Fsp3) is 0. The third-order valence-electron chi connectivity index (χ3n) is 11.5. The van der Waals surface area contributed by atoms with Crippen LogP contribution >= 0.6 is 0 Å². The molecule has 0 spiro atoms. The van der Waals surface area contributed by atoms with Crippen LogP contribution in [0.5, 0.6) is 0 Å². The van der Waals surface area contributed by atoms with Crippen LogP contribution in [0, 0.1) is 0 Å². The van der Waals surface area contributed by atoms with Crippen LogP contribution < -0.4 is 4.90 Å². The zero-order valence-electron chi connectivity index (χ0n) is 31.7. The average Bonchev–Trinajstić information content (AvgIpc) is 3.69. The molecule has 0 aliphatic heterocycles. The Bertz CT molecular complexity index is 3280. The molecule has 272 valence electrons. The first-order chi connectivity index (χ1) is 28.7. The maximum absolute atomic E-state index is 6.34. The molecule has 10 aromatic carbocycles. The molecule has 1 heterocycles. The van der Waals surface area contributed by atoms with Gasteiger partial charge < -0.3 is 9.32 Å². The average molecular weight is 740 g/mol. The molecule has 0 fully saturated rings. The summed E-state index contributed by atoms with van der Waals surface area (Å²) in [5.74, 6) is 0. The fourth-order valence-corrected chi connectivity index (χ4v) is 8.65. The lowest BCUT2D eigenvalue weighted by Gasteiger charge is -2.29. The normalized spacial score (nSPS) is 11.4. The van der Waals surface area contributed by atoms with E-state index in [0.29, 0.717) is 0 Å². The molecule has 58 heavy (non-hydrogen) atoms. The summed E-state index contributed by atoms with van der Waals surface area (Å²) in [4.78, 5) is 2.43. The molecular weight excluding hydrogens is 703 g/mol. The highest BCUT2D eigenvalue weighted by molar-refractivity contribution is 6.12. The number of para-hydroxylation sites is 1. The summed E-state index contributed by atoms with van der Waals surface area (Å²) in [7, 11) is 0. The molecule has 0 radical (unpaired) electrons. The standard InChI is InChI=1S/C56H37NO/c1-2-14-40(15-3-1)50-34-31-44(43-28-27-38-13-4-5-17-42(38)35-43)37-53(50)57(46-32-29-41(30-33-46)49-23-11-18-39-16-6-7-21-48(39)49)47-20-10-19-45(36-47)51-24-12-26-55-56(51)52-22-8-9-25-54(52)58-55/h1-37H. The lowest BCUT2D eigenvalue weighted by atomic mass is 9.94. The molecule has 1 aromatic heterocycles. The van der Waals surface area contributed by atoms with Crippen molar-refractivity contribution in [3.05, 3.63) is 224 Å². The van der Waals surface area contributed by atoms with E-state index in [1.807, 2.05) is 12.1 Å². The molecule has 0 bridgehead atoms. The summed E-state index contributed by atoms with van der Waals surface area (Å²) in [5, 5.41) is 7.19. The van der Waals surface area contributed by atoms with Gasteiger partial charge in [-0.1, -0.05) is 176 Å². The van der Waals surface area contributed by atoms with Crippen LogP contribution in [0.2, 0.25) is 0 Å². The van der Waals surface area contributed by atoms with E-state index in [-0.39, 0.29) is 0 Å². The second-order valence-electron chi connectivity index (χ2n) is 14.9. The molecule has 0 amide bonds. The van der Waals surface area contributed by atoms with Gasteiger partial charge in [0.25, 0.3) is 0 Å². The van der Waals surface area contributed by atoms with Crippen LogP contribution in [-0.2, 0) is 0 Å². The number of hydrogen-bond acceptors (Lipinski definition) is 2. The smallest absolute Gasteiger partial charge is 0.136 e. The van der Waals surface area contributed by atoms with Crippen molar-refractivity contribution in [2.24, 2.45) is 0 Å². The molecule has 2 heteroatoms. The summed E-state index contributed by atoms with van der Waals surface area (Å²) >= 11 is 0. The Kier molecular flexibility index (Phi) is 8.19. The predicted octanol–water partition coefficient (Wildman–Crippen LogP) is 16.0. The van der Waals surface area contributed by atoms with Crippen molar-refractivity contribution in [1.82, 2.24) is 0 Å². The highest BCUT2D eigenvalue weighted by Crippen LogP contribution is 2.45. The SMILES string of the molecule is c1ccc(-c2ccc(-c3ccc4ccccc4c3)cc2N(c2ccc(-c3cccc4ccccc34)cc2)c2cccc(-c3cccc4oc5ccccc5c34)c2)cc1. The minimum Gasteiger partial charge on any atom is -0.456 e. The molecule has 11 rings (SSSR count). The van der Waals surface area contributed by atoms with Gasteiger partial charge in [-0.15, -0.1) is 0 Å². The topological polar surface area (TPSA) is 16.4 Å². The lowest BCUT2D eigenvalue weighted by Crippen LogP contribution is -2.11. The first kappa shape index (κ1) is 33.6.